The van der Waals surface area contributed by atoms with E-state index in [1.54, 1.807) is 18.2 Å². The first-order valence-electron chi connectivity index (χ1n) is 4.66. The van der Waals surface area contributed by atoms with Gasteiger partial charge in [-0.15, -0.1) is 10.2 Å². The predicted octanol–water partition coefficient (Wildman–Crippen LogP) is 2.25. The number of hydrogen-bond donors (Lipinski definition) is 1. The van der Waals surface area contributed by atoms with Crippen molar-refractivity contribution in [3.8, 4) is 11.4 Å². The fourth-order valence-corrected chi connectivity index (χ4v) is 2.00. The van der Waals surface area contributed by atoms with Gasteiger partial charge in [-0.25, -0.2) is 0 Å². The number of nitrogens with two attached hydrogens (primary N) is 1. The second-order valence-electron chi connectivity index (χ2n) is 3.36. The van der Waals surface area contributed by atoms with Crippen LogP contribution >= 0.6 is 23.2 Å². The Morgan fingerprint density at radius 2 is 1.81 bits per heavy atom. The predicted molar refractivity (Wildman–Crippen MR) is 64.4 cm³/mol. The molecular weight excluding hydrogens is 247 g/mol. The van der Waals surface area contributed by atoms with Crippen molar-refractivity contribution in [2.75, 3.05) is 0 Å². The zero-order chi connectivity index (χ0) is 11.7. The average molecular weight is 257 g/mol. The Morgan fingerprint density at radius 1 is 1.19 bits per heavy atom. The number of rotatable bonds is 2. The van der Waals surface area contributed by atoms with Crippen molar-refractivity contribution in [1.29, 1.82) is 0 Å². The summed E-state index contributed by atoms with van der Waals surface area (Å²) in [5.41, 5.74) is 6.35. The van der Waals surface area contributed by atoms with Crippen LogP contribution in [-0.4, -0.2) is 14.8 Å². The molecule has 2 aromatic rings. The van der Waals surface area contributed by atoms with E-state index >= 15 is 0 Å². The molecule has 0 aliphatic carbocycles. The second kappa shape index (κ2) is 4.41. The molecule has 2 rings (SSSR count). The Balaban J connectivity index is 2.54. The maximum Gasteiger partial charge on any atom is 0.163 e. The van der Waals surface area contributed by atoms with Crippen LogP contribution in [0.4, 0.5) is 0 Å². The van der Waals surface area contributed by atoms with Crippen LogP contribution in [0.25, 0.3) is 11.4 Å². The number of halogens is 2. The zero-order valence-electron chi connectivity index (χ0n) is 8.61. The lowest BCUT2D eigenvalue weighted by Crippen LogP contribution is -2.05. The summed E-state index contributed by atoms with van der Waals surface area (Å²) in [5.74, 6) is 1.41. The molecule has 0 aliphatic heterocycles. The summed E-state index contributed by atoms with van der Waals surface area (Å²) in [7, 11) is 1.85. The Labute approximate surface area is 103 Å². The largest absolute Gasteiger partial charge is 0.324 e. The molecular formula is C10H10Cl2N4. The summed E-state index contributed by atoms with van der Waals surface area (Å²) in [5, 5.41) is 9.16. The molecule has 84 valence electrons. The van der Waals surface area contributed by atoms with E-state index in [1.165, 1.54) is 0 Å². The van der Waals surface area contributed by atoms with Gasteiger partial charge in [0.15, 0.2) is 5.82 Å². The molecule has 0 fully saturated rings. The molecule has 16 heavy (non-hydrogen) atoms. The van der Waals surface area contributed by atoms with E-state index < -0.39 is 0 Å². The van der Waals surface area contributed by atoms with Crippen LogP contribution < -0.4 is 5.73 Å². The van der Waals surface area contributed by atoms with Gasteiger partial charge in [0.25, 0.3) is 0 Å². The minimum Gasteiger partial charge on any atom is -0.324 e. The Bertz CT molecular complexity index is 501. The smallest absolute Gasteiger partial charge is 0.163 e. The van der Waals surface area contributed by atoms with Gasteiger partial charge in [-0.2, -0.15) is 0 Å². The molecule has 1 heterocycles. The van der Waals surface area contributed by atoms with Crippen molar-refractivity contribution < 1.29 is 0 Å². The average Bonchev–Trinajstić information content (AvgIpc) is 2.58. The van der Waals surface area contributed by atoms with Crippen molar-refractivity contribution in [2.45, 2.75) is 6.54 Å². The van der Waals surface area contributed by atoms with Crippen LogP contribution in [0, 0.1) is 0 Å². The van der Waals surface area contributed by atoms with Crippen molar-refractivity contribution in [3.63, 3.8) is 0 Å². The van der Waals surface area contributed by atoms with Crippen LogP contribution in [0.3, 0.4) is 0 Å². The molecule has 2 N–H and O–H groups in total. The minimum absolute atomic E-state index is 0.345. The van der Waals surface area contributed by atoms with Gasteiger partial charge in [0.2, 0.25) is 0 Å². The lowest BCUT2D eigenvalue weighted by atomic mass is 10.2. The monoisotopic (exact) mass is 256 g/mol. The fraction of sp³-hybridized carbons (Fsp3) is 0.200. The van der Waals surface area contributed by atoms with Gasteiger partial charge in [-0.05, 0) is 18.2 Å². The lowest BCUT2D eigenvalue weighted by molar-refractivity contribution is 0.797. The number of nitrogens with zero attached hydrogens (tertiary/aromatic N) is 3. The second-order valence-corrected chi connectivity index (χ2v) is 4.23. The Kier molecular flexibility index (Phi) is 3.14. The summed E-state index contributed by atoms with van der Waals surface area (Å²) in [6.45, 7) is 0.345. The molecule has 0 saturated carbocycles. The summed E-state index contributed by atoms with van der Waals surface area (Å²) < 4.78 is 1.82. The molecule has 0 bridgehead atoms. The molecule has 0 aliphatic rings. The first-order chi connectivity index (χ1) is 7.61. The van der Waals surface area contributed by atoms with Crippen molar-refractivity contribution in [3.05, 3.63) is 34.1 Å². The maximum atomic E-state index is 5.93. The molecule has 4 nitrogen and oxygen atoms in total. The van der Waals surface area contributed by atoms with E-state index in [0.29, 0.717) is 28.2 Å². The van der Waals surface area contributed by atoms with Crippen LogP contribution in [0.2, 0.25) is 10.0 Å². The highest BCUT2D eigenvalue weighted by atomic mass is 35.5. The van der Waals surface area contributed by atoms with Crippen LogP contribution in [0.5, 0.6) is 0 Å². The van der Waals surface area contributed by atoms with Crippen LogP contribution in [0.15, 0.2) is 18.2 Å². The lowest BCUT2D eigenvalue weighted by Gasteiger charge is -2.03. The number of aromatic nitrogens is 3. The Hall–Kier alpha value is -1.10. The molecule has 0 radical (unpaired) electrons. The third-order valence-corrected chi connectivity index (χ3v) is 2.70. The van der Waals surface area contributed by atoms with Gasteiger partial charge >= 0.3 is 0 Å². The summed E-state index contributed by atoms with van der Waals surface area (Å²) in [6.07, 6.45) is 0. The minimum atomic E-state index is 0.345. The first kappa shape index (κ1) is 11.4. The first-order valence-corrected chi connectivity index (χ1v) is 5.42. The SMILES string of the molecule is Cn1c(CN)nnc1-c1cc(Cl)cc(Cl)c1. The van der Waals surface area contributed by atoms with Gasteiger partial charge < -0.3 is 10.3 Å². The van der Waals surface area contributed by atoms with Crippen molar-refractivity contribution in [1.82, 2.24) is 14.8 Å². The molecule has 6 heteroatoms. The molecule has 0 amide bonds. The van der Waals surface area contributed by atoms with Crippen LogP contribution in [-0.2, 0) is 13.6 Å². The quantitative estimate of drug-likeness (QED) is 0.897. The number of hydrogen-bond acceptors (Lipinski definition) is 3. The third kappa shape index (κ3) is 2.04. The Morgan fingerprint density at radius 3 is 2.31 bits per heavy atom. The highest BCUT2D eigenvalue weighted by Gasteiger charge is 2.10. The maximum absolute atomic E-state index is 5.93. The molecule has 0 spiro atoms. The molecule has 0 saturated heterocycles. The van der Waals surface area contributed by atoms with Crippen LogP contribution in [0.1, 0.15) is 5.82 Å². The topological polar surface area (TPSA) is 56.7 Å². The summed E-state index contributed by atoms with van der Waals surface area (Å²) in [6, 6.07) is 5.25. The highest BCUT2D eigenvalue weighted by molar-refractivity contribution is 6.35. The normalized spacial score (nSPS) is 10.8. The van der Waals surface area contributed by atoms with E-state index in [1.807, 2.05) is 11.6 Å². The molecule has 1 aromatic carbocycles. The fourth-order valence-electron chi connectivity index (χ4n) is 1.47. The summed E-state index contributed by atoms with van der Waals surface area (Å²) >= 11 is 11.9. The highest BCUT2D eigenvalue weighted by Crippen LogP contribution is 2.25. The summed E-state index contributed by atoms with van der Waals surface area (Å²) in [4.78, 5) is 0. The van der Waals surface area contributed by atoms with E-state index in [4.69, 9.17) is 28.9 Å². The van der Waals surface area contributed by atoms with Crippen molar-refractivity contribution in [2.24, 2.45) is 12.8 Å². The van der Waals surface area contributed by atoms with Crippen molar-refractivity contribution >= 4 is 23.2 Å². The van der Waals surface area contributed by atoms with Gasteiger partial charge in [0.1, 0.15) is 5.82 Å². The van der Waals surface area contributed by atoms with Gasteiger partial charge in [0, 0.05) is 22.7 Å². The molecule has 0 atom stereocenters. The zero-order valence-corrected chi connectivity index (χ0v) is 10.1. The van der Waals surface area contributed by atoms with E-state index in [-0.39, 0.29) is 0 Å². The third-order valence-electron chi connectivity index (χ3n) is 2.27. The van der Waals surface area contributed by atoms with E-state index in [9.17, 15) is 0 Å². The van der Waals surface area contributed by atoms with Gasteiger partial charge in [-0.3, -0.25) is 0 Å². The van der Waals surface area contributed by atoms with E-state index in [2.05, 4.69) is 10.2 Å². The van der Waals surface area contributed by atoms with Gasteiger partial charge in [0.05, 0.1) is 6.54 Å². The standard InChI is InChI=1S/C10H10Cl2N4/c1-16-9(5-13)14-15-10(16)6-2-7(11)4-8(12)3-6/h2-4H,5,13H2,1H3. The molecule has 1 aromatic heterocycles. The van der Waals surface area contributed by atoms with Gasteiger partial charge in [-0.1, -0.05) is 23.2 Å². The van der Waals surface area contributed by atoms with E-state index in [0.717, 1.165) is 5.56 Å². The molecule has 0 unspecified atom stereocenters. The number of benzene rings is 1.